The highest BCUT2D eigenvalue weighted by molar-refractivity contribution is 5.99. The number of nitrogens with one attached hydrogen (secondary N) is 2. The fourth-order valence-electron chi connectivity index (χ4n) is 4.97. The minimum Gasteiger partial charge on any atom is -0.481 e. The monoisotopic (exact) mass is 493 g/mol. The lowest BCUT2D eigenvalue weighted by Gasteiger charge is -2.32. The molecular weight excluding hydrogens is 458 g/mol. The van der Waals surface area contributed by atoms with Crippen LogP contribution in [0.3, 0.4) is 0 Å². The SMILES string of the molecule is CC(C)c1cccc(NC(=O)Nc2ccc3c(c2)CCN(C(=O)O[C@H]2CC[C@H](CC(=O)O)CC2)C3)c1. The van der Waals surface area contributed by atoms with E-state index in [0.29, 0.717) is 44.0 Å². The standard InChI is InChI=1S/C28H35N3O5/c1-18(2)20-4-3-5-23(15-20)29-27(34)30-24-9-8-22-17-31(13-12-21(22)16-24)28(35)36-25-10-6-19(7-11-25)14-26(32)33/h3-5,8-9,15-16,18-19,25H,6-7,10-14,17H2,1-2H3,(H,32,33)(H2,29,30,34)/t19-,25-. The van der Waals surface area contributed by atoms with Crippen molar-refractivity contribution < 1.29 is 24.2 Å². The summed E-state index contributed by atoms with van der Waals surface area (Å²) in [5.74, 6) is -0.210. The van der Waals surface area contributed by atoms with Crippen molar-refractivity contribution in [3.63, 3.8) is 0 Å². The molecule has 0 atom stereocenters. The van der Waals surface area contributed by atoms with Gasteiger partial charge >= 0.3 is 18.1 Å². The van der Waals surface area contributed by atoms with Crippen LogP contribution in [0.1, 0.15) is 68.6 Å². The number of amides is 3. The maximum atomic E-state index is 12.7. The Kier molecular flexibility index (Phi) is 8.13. The number of carboxylic acid groups (broad SMARTS) is 1. The molecule has 4 rings (SSSR count). The van der Waals surface area contributed by atoms with Gasteiger partial charge in [0.15, 0.2) is 0 Å². The van der Waals surface area contributed by atoms with Crippen LogP contribution < -0.4 is 10.6 Å². The second kappa shape index (κ2) is 11.5. The van der Waals surface area contributed by atoms with Crippen LogP contribution in [0.2, 0.25) is 0 Å². The van der Waals surface area contributed by atoms with Gasteiger partial charge in [0.25, 0.3) is 0 Å². The molecule has 0 aromatic heterocycles. The largest absolute Gasteiger partial charge is 0.481 e. The van der Waals surface area contributed by atoms with Crippen LogP contribution in [0.4, 0.5) is 21.0 Å². The second-order valence-electron chi connectivity index (χ2n) is 10.1. The van der Waals surface area contributed by atoms with Gasteiger partial charge in [-0.05, 0) is 84.9 Å². The Morgan fingerprint density at radius 2 is 1.72 bits per heavy atom. The number of rotatable bonds is 6. The Morgan fingerprint density at radius 3 is 2.42 bits per heavy atom. The third-order valence-corrected chi connectivity index (χ3v) is 7.07. The van der Waals surface area contributed by atoms with Gasteiger partial charge in [-0.2, -0.15) is 0 Å². The molecule has 2 aromatic rings. The number of carbonyl (C=O) groups is 3. The molecule has 1 heterocycles. The summed E-state index contributed by atoms with van der Waals surface area (Å²) in [6.45, 7) is 5.25. The van der Waals surface area contributed by atoms with E-state index in [9.17, 15) is 14.4 Å². The number of hydrogen-bond acceptors (Lipinski definition) is 4. The van der Waals surface area contributed by atoms with Crippen LogP contribution in [0.15, 0.2) is 42.5 Å². The zero-order chi connectivity index (χ0) is 25.7. The quantitative estimate of drug-likeness (QED) is 0.459. The van der Waals surface area contributed by atoms with E-state index in [1.807, 2.05) is 42.5 Å². The van der Waals surface area contributed by atoms with Crippen molar-refractivity contribution in [1.29, 1.82) is 0 Å². The van der Waals surface area contributed by atoms with E-state index < -0.39 is 5.97 Å². The first-order chi connectivity index (χ1) is 17.3. The van der Waals surface area contributed by atoms with Crippen LogP contribution in [0, 0.1) is 5.92 Å². The van der Waals surface area contributed by atoms with Crippen LogP contribution in [0.25, 0.3) is 0 Å². The highest BCUT2D eigenvalue weighted by atomic mass is 16.6. The van der Waals surface area contributed by atoms with Crippen molar-refractivity contribution in [2.75, 3.05) is 17.2 Å². The summed E-state index contributed by atoms with van der Waals surface area (Å²) in [6, 6.07) is 13.3. The minimum atomic E-state index is -0.766. The molecule has 3 N–H and O–H groups in total. The molecule has 0 saturated heterocycles. The number of carbonyl (C=O) groups excluding carboxylic acids is 2. The number of urea groups is 1. The lowest BCUT2D eigenvalue weighted by molar-refractivity contribution is -0.138. The molecule has 1 saturated carbocycles. The maximum absolute atomic E-state index is 12.7. The summed E-state index contributed by atoms with van der Waals surface area (Å²) in [7, 11) is 0. The highest BCUT2D eigenvalue weighted by Crippen LogP contribution is 2.30. The number of hydrogen-bond donors (Lipinski definition) is 3. The zero-order valence-corrected chi connectivity index (χ0v) is 21.0. The summed E-state index contributed by atoms with van der Waals surface area (Å²) in [5, 5.41) is 14.7. The summed E-state index contributed by atoms with van der Waals surface area (Å²) in [5.41, 5.74) is 4.77. The Hall–Kier alpha value is -3.55. The average Bonchev–Trinajstić information content (AvgIpc) is 2.84. The molecule has 0 bridgehead atoms. The van der Waals surface area contributed by atoms with E-state index in [4.69, 9.17) is 9.84 Å². The maximum Gasteiger partial charge on any atom is 0.410 e. The van der Waals surface area contributed by atoms with Crippen molar-refractivity contribution in [2.45, 2.75) is 70.9 Å². The van der Waals surface area contributed by atoms with Gasteiger partial charge in [-0.3, -0.25) is 4.79 Å². The molecule has 8 nitrogen and oxygen atoms in total. The number of fused-ring (bicyclic) bond motifs is 1. The minimum absolute atomic E-state index is 0.143. The van der Waals surface area contributed by atoms with Gasteiger partial charge in [-0.25, -0.2) is 9.59 Å². The summed E-state index contributed by atoms with van der Waals surface area (Å²) < 4.78 is 5.73. The predicted molar refractivity (Wildman–Crippen MR) is 138 cm³/mol. The van der Waals surface area contributed by atoms with E-state index in [1.165, 1.54) is 0 Å². The number of ether oxygens (including phenoxy) is 1. The highest BCUT2D eigenvalue weighted by Gasteiger charge is 2.28. The van der Waals surface area contributed by atoms with Crippen LogP contribution in [-0.2, 0) is 22.5 Å². The van der Waals surface area contributed by atoms with Gasteiger partial charge in [-0.1, -0.05) is 32.0 Å². The molecule has 0 unspecified atom stereocenters. The van der Waals surface area contributed by atoms with E-state index in [0.717, 1.165) is 35.2 Å². The van der Waals surface area contributed by atoms with Crippen LogP contribution in [0.5, 0.6) is 0 Å². The molecule has 2 aromatic carbocycles. The third-order valence-electron chi connectivity index (χ3n) is 7.07. The normalized spacial score (nSPS) is 19.4. The number of nitrogens with zero attached hydrogens (tertiary/aromatic N) is 1. The summed E-state index contributed by atoms with van der Waals surface area (Å²) >= 11 is 0. The Morgan fingerprint density at radius 1 is 1.00 bits per heavy atom. The molecule has 192 valence electrons. The number of carboxylic acids is 1. The summed E-state index contributed by atoms with van der Waals surface area (Å²) in [6.07, 6.45) is 3.40. The van der Waals surface area contributed by atoms with Gasteiger partial charge in [0.1, 0.15) is 6.10 Å². The number of benzene rings is 2. The molecule has 0 radical (unpaired) electrons. The molecule has 36 heavy (non-hydrogen) atoms. The Labute approximate surface area is 212 Å². The molecule has 1 aliphatic heterocycles. The lowest BCUT2D eigenvalue weighted by atomic mass is 9.85. The first-order valence-corrected chi connectivity index (χ1v) is 12.7. The molecule has 0 spiro atoms. The first kappa shape index (κ1) is 25.5. The molecular formula is C28H35N3O5. The molecule has 8 heteroatoms. The molecule has 1 aliphatic carbocycles. The van der Waals surface area contributed by atoms with Crippen LogP contribution in [-0.4, -0.2) is 40.7 Å². The van der Waals surface area contributed by atoms with E-state index in [-0.39, 0.29) is 30.6 Å². The van der Waals surface area contributed by atoms with Gasteiger partial charge < -0.3 is 25.4 Å². The van der Waals surface area contributed by atoms with Crippen molar-refractivity contribution in [3.05, 3.63) is 59.2 Å². The van der Waals surface area contributed by atoms with Crippen molar-refractivity contribution in [2.24, 2.45) is 5.92 Å². The van der Waals surface area contributed by atoms with Gasteiger partial charge in [0.2, 0.25) is 0 Å². The predicted octanol–water partition coefficient (Wildman–Crippen LogP) is 5.98. The third kappa shape index (κ3) is 6.77. The molecule has 1 fully saturated rings. The summed E-state index contributed by atoms with van der Waals surface area (Å²) in [4.78, 5) is 37.9. The fraction of sp³-hybridized carbons (Fsp3) is 0.464. The lowest BCUT2D eigenvalue weighted by Crippen LogP contribution is -2.39. The fourth-order valence-corrected chi connectivity index (χ4v) is 4.97. The van der Waals surface area contributed by atoms with Gasteiger partial charge in [0, 0.05) is 30.9 Å². The van der Waals surface area contributed by atoms with Gasteiger partial charge in [-0.15, -0.1) is 0 Å². The van der Waals surface area contributed by atoms with E-state index >= 15 is 0 Å². The van der Waals surface area contributed by atoms with E-state index in [1.54, 1.807) is 4.90 Å². The number of aliphatic carboxylic acids is 1. The Balaban J connectivity index is 1.27. The number of anilines is 2. The second-order valence-corrected chi connectivity index (χ2v) is 10.1. The van der Waals surface area contributed by atoms with Crippen molar-refractivity contribution in [3.8, 4) is 0 Å². The first-order valence-electron chi connectivity index (χ1n) is 12.7. The molecule has 2 aliphatic rings. The molecule has 3 amide bonds. The van der Waals surface area contributed by atoms with Crippen molar-refractivity contribution in [1.82, 2.24) is 4.90 Å². The van der Waals surface area contributed by atoms with Crippen LogP contribution >= 0.6 is 0 Å². The smallest absolute Gasteiger partial charge is 0.410 e. The average molecular weight is 494 g/mol. The van der Waals surface area contributed by atoms with Crippen molar-refractivity contribution >= 4 is 29.5 Å². The van der Waals surface area contributed by atoms with E-state index in [2.05, 4.69) is 24.5 Å². The Bertz CT molecular complexity index is 1110. The van der Waals surface area contributed by atoms with Gasteiger partial charge in [0.05, 0.1) is 0 Å². The topological polar surface area (TPSA) is 108 Å². The zero-order valence-electron chi connectivity index (χ0n) is 21.0.